The molecule has 110 valence electrons. The van der Waals surface area contributed by atoms with Gasteiger partial charge in [-0.15, -0.1) is 0 Å². The van der Waals surface area contributed by atoms with Gasteiger partial charge in [0.1, 0.15) is 6.26 Å². The smallest absolute Gasteiger partial charge is 0.257 e. The third kappa shape index (κ3) is 2.87. The summed E-state index contributed by atoms with van der Waals surface area (Å²) in [5.74, 6) is 1.18. The highest BCUT2D eigenvalue weighted by atomic mass is 16.3. The minimum absolute atomic E-state index is 0.0914. The lowest BCUT2D eigenvalue weighted by Crippen LogP contribution is -2.42. The molecule has 1 amide bonds. The largest absolute Gasteiger partial charge is 0.472 e. The first-order valence-corrected chi connectivity index (χ1v) is 7.66. The van der Waals surface area contributed by atoms with E-state index < -0.39 is 0 Å². The number of rotatable bonds is 3. The highest BCUT2D eigenvalue weighted by Gasteiger charge is 2.31. The Morgan fingerprint density at radius 2 is 2.10 bits per heavy atom. The number of benzene rings is 1. The predicted octanol–water partition coefficient (Wildman–Crippen LogP) is 3.94. The van der Waals surface area contributed by atoms with Crippen molar-refractivity contribution < 1.29 is 9.21 Å². The Morgan fingerprint density at radius 3 is 2.76 bits per heavy atom. The second-order valence-electron chi connectivity index (χ2n) is 5.74. The molecule has 0 spiro atoms. The molecule has 0 aliphatic carbocycles. The van der Waals surface area contributed by atoms with Gasteiger partial charge in [0.2, 0.25) is 0 Å². The molecule has 2 heterocycles. The third-order valence-electron chi connectivity index (χ3n) is 4.54. The molecule has 1 aliphatic heterocycles. The summed E-state index contributed by atoms with van der Waals surface area (Å²) in [4.78, 5) is 14.4. The molecule has 2 atom stereocenters. The molecule has 1 aromatic carbocycles. The normalized spacial score (nSPS) is 22.2. The number of furan rings is 1. The van der Waals surface area contributed by atoms with Crippen molar-refractivity contribution in [2.75, 3.05) is 13.1 Å². The Labute approximate surface area is 125 Å². The summed E-state index contributed by atoms with van der Waals surface area (Å²) in [5.41, 5.74) is 2.06. The molecule has 3 nitrogen and oxygen atoms in total. The Balaban J connectivity index is 1.73. The minimum atomic E-state index is 0.0914. The van der Waals surface area contributed by atoms with Gasteiger partial charge < -0.3 is 9.32 Å². The average molecular weight is 283 g/mol. The van der Waals surface area contributed by atoms with Gasteiger partial charge in [-0.05, 0) is 29.9 Å². The second-order valence-corrected chi connectivity index (χ2v) is 5.74. The van der Waals surface area contributed by atoms with Gasteiger partial charge in [-0.25, -0.2) is 0 Å². The van der Waals surface area contributed by atoms with Gasteiger partial charge in [0, 0.05) is 13.1 Å². The summed E-state index contributed by atoms with van der Waals surface area (Å²) in [5, 5.41) is 0. The molecular weight excluding hydrogens is 262 g/mol. The van der Waals surface area contributed by atoms with Crippen molar-refractivity contribution in [3.8, 4) is 0 Å². The summed E-state index contributed by atoms with van der Waals surface area (Å²) >= 11 is 0. The van der Waals surface area contributed by atoms with Crippen LogP contribution in [0.15, 0.2) is 53.3 Å². The number of likely N-dealkylation sites (tertiary alicyclic amines) is 1. The highest BCUT2D eigenvalue weighted by molar-refractivity contribution is 5.93. The number of carbonyl (C=O) groups excluding carboxylic acids is 1. The van der Waals surface area contributed by atoms with Crippen molar-refractivity contribution in [3.05, 3.63) is 60.1 Å². The van der Waals surface area contributed by atoms with Crippen LogP contribution in [-0.4, -0.2) is 23.9 Å². The van der Waals surface area contributed by atoms with Crippen molar-refractivity contribution in [2.24, 2.45) is 5.92 Å². The summed E-state index contributed by atoms with van der Waals surface area (Å²) in [6.07, 6.45) is 5.22. The Bertz CT molecular complexity index is 577. The van der Waals surface area contributed by atoms with E-state index >= 15 is 0 Å². The van der Waals surface area contributed by atoms with Gasteiger partial charge in [0.05, 0.1) is 11.8 Å². The van der Waals surface area contributed by atoms with E-state index in [2.05, 4.69) is 37.3 Å². The lowest BCUT2D eigenvalue weighted by molar-refractivity contribution is 0.0644. The standard InChI is InChI=1S/C18H21NO2/c1-2-14-12-19(18(20)16-9-11-21-13-16)10-8-17(14)15-6-4-3-5-7-15/h3-7,9,11,13-14,17H,2,8,10,12H2,1H3. The van der Waals surface area contributed by atoms with E-state index in [1.54, 1.807) is 12.3 Å². The number of piperidine rings is 1. The maximum atomic E-state index is 12.4. The molecule has 2 unspecified atom stereocenters. The van der Waals surface area contributed by atoms with E-state index in [1.807, 2.05) is 4.90 Å². The number of nitrogens with zero attached hydrogens (tertiary/aromatic N) is 1. The highest BCUT2D eigenvalue weighted by Crippen LogP contribution is 2.35. The Morgan fingerprint density at radius 1 is 1.29 bits per heavy atom. The van der Waals surface area contributed by atoms with Crippen LogP contribution in [0.4, 0.5) is 0 Å². The van der Waals surface area contributed by atoms with E-state index in [9.17, 15) is 4.79 Å². The zero-order valence-electron chi connectivity index (χ0n) is 12.4. The first-order chi connectivity index (χ1) is 10.3. The molecule has 2 aromatic rings. The molecule has 0 saturated carbocycles. The Kier molecular flexibility index (Phi) is 4.09. The molecule has 1 saturated heterocycles. The van der Waals surface area contributed by atoms with Crippen molar-refractivity contribution in [1.82, 2.24) is 4.90 Å². The second kappa shape index (κ2) is 6.17. The minimum Gasteiger partial charge on any atom is -0.472 e. The predicted molar refractivity (Wildman–Crippen MR) is 82.2 cm³/mol. The van der Waals surface area contributed by atoms with Gasteiger partial charge in [-0.2, -0.15) is 0 Å². The molecule has 1 aromatic heterocycles. The molecule has 1 aliphatic rings. The van der Waals surface area contributed by atoms with Gasteiger partial charge >= 0.3 is 0 Å². The zero-order valence-corrected chi connectivity index (χ0v) is 12.4. The molecular formula is C18H21NO2. The monoisotopic (exact) mass is 283 g/mol. The third-order valence-corrected chi connectivity index (χ3v) is 4.54. The molecule has 3 rings (SSSR count). The fraction of sp³-hybridized carbons (Fsp3) is 0.389. The van der Waals surface area contributed by atoms with Gasteiger partial charge in [0.25, 0.3) is 5.91 Å². The maximum Gasteiger partial charge on any atom is 0.257 e. The van der Waals surface area contributed by atoms with Gasteiger partial charge in [-0.1, -0.05) is 43.7 Å². The van der Waals surface area contributed by atoms with Crippen LogP contribution in [0.1, 0.15) is 41.6 Å². The average Bonchev–Trinajstić information content (AvgIpc) is 3.09. The number of amides is 1. The summed E-state index contributed by atoms with van der Waals surface area (Å²) in [7, 11) is 0. The van der Waals surface area contributed by atoms with Crippen LogP contribution in [0.3, 0.4) is 0 Å². The van der Waals surface area contributed by atoms with E-state index in [0.29, 0.717) is 17.4 Å². The fourth-order valence-electron chi connectivity index (χ4n) is 3.34. The molecule has 0 bridgehead atoms. The van der Waals surface area contributed by atoms with Crippen LogP contribution in [0, 0.1) is 5.92 Å². The summed E-state index contributed by atoms with van der Waals surface area (Å²) < 4.78 is 5.02. The van der Waals surface area contributed by atoms with Crippen molar-refractivity contribution >= 4 is 5.91 Å². The first kappa shape index (κ1) is 13.9. The summed E-state index contributed by atoms with van der Waals surface area (Å²) in [6, 6.07) is 12.4. The first-order valence-electron chi connectivity index (χ1n) is 7.66. The van der Waals surface area contributed by atoms with E-state index in [-0.39, 0.29) is 5.91 Å². The van der Waals surface area contributed by atoms with E-state index in [0.717, 1.165) is 25.9 Å². The molecule has 3 heteroatoms. The zero-order chi connectivity index (χ0) is 14.7. The van der Waals surface area contributed by atoms with Crippen LogP contribution < -0.4 is 0 Å². The number of carbonyl (C=O) groups is 1. The van der Waals surface area contributed by atoms with Crippen LogP contribution in [0.2, 0.25) is 0 Å². The van der Waals surface area contributed by atoms with Crippen molar-refractivity contribution in [1.29, 1.82) is 0 Å². The Hall–Kier alpha value is -2.03. The molecule has 0 radical (unpaired) electrons. The quantitative estimate of drug-likeness (QED) is 0.855. The fourth-order valence-corrected chi connectivity index (χ4v) is 3.34. The van der Waals surface area contributed by atoms with Crippen LogP contribution in [-0.2, 0) is 0 Å². The lowest BCUT2D eigenvalue weighted by Gasteiger charge is -2.38. The van der Waals surface area contributed by atoms with Crippen molar-refractivity contribution in [3.63, 3.8) is 0 Å². The van der Waals surface area contributed by atoms with Crippen molar-refractivity contribution in [2.45, 2.75) is 25.7 Å². The number of hydrogen-bond acceptors (Lipinski definition) is 2. The van der Waals surface area contributed by atoms with Crippen LogP contribution in [0.25, 0.3) is 0 Å². The number of hydrogen-bond donors (Lipinski definition) is 0. The molecule has 0 N–H and O–H groups in total. The van der Waals surface area contributed by atoms with Crippen LogP contribution >= 0.6 is 0 Å². The van der Waals surface area contributed by atoms with E-state index in [4.69, 9.17) is 4.42 Å². The lowest BCUT2D eigenvalue weighted by atomic mass is 9.79. The van der Waals surface area contributed by atoms with Gasteiger partial charge in [0.15, 0.2) is 0 Å². The van der Waals surface area contributed by atoms with Gasteiger partial charge in [-0.3, -0.25) is 4.79 Å². The SMILES string of the molecule is CCC1CN(C(=O)c2ccoc2)CCC1c1ccccc1. The summed E-state index contributed by atoms with van der Waals surface area (Å²) in [6.45, 7) is 3.87. The topological polar surface area (TPSA) is 33.5 Å². The van der Waals surface area contributed by atoms with Crippen LogP contribution in [0.5, 0.6) is 0 Å². The molecule has 1 fully saturated rings. The maximum absolute atomic E-state index is 12.4. The molecule has 21 heavy (non-hydrogen) atoms. The van der Waals surface area contributed by atoms with E-state index in [1.165, 1.54) is 11.8 Å².